The van der Waals surface area contributed by atoms with Gasteiger partial charge in [0.05, 0.1) is 5.16 Å². The van der Waals surface area contributed by atoms with Crippen LogP contribution >= 0.6 is 28.1 Å². The van der Waals surface area contributed by atoms with Crippen molar-refractivity contribution in [2.75, 3.05) is 14.1 Å². The molecule has 2 aromatic carbocycles. The fraction of sp³-hybridized carbons (Fsp3) is 0.176. The molecule has 2 aromatic rings. The number of carbonyl (C=O) groups excluding carboxylic acids is 1. The van der Waals surface area contributed by atoms with Crippen molar-refractivity contribution in [2.24, 2.45) is 4.99 Å². The molecule has 0 bridgehead atoms. The number of isothiocyanates is 1. The fourth-order valence-electron chi connectivity index (χ4n) is 2.17. The predicted molar refractivity (Wildman–Crippen MR) is 95.5 cm³/mol. The molecule has 5 heteroatoms. The molecule has 0 spiro atoms. The van der Waals surface area contributed by atoms with E-state index in [9.17, 15) is 4.79 Å². The van der Waals surface area contributed by atoms with Crippen LogP contribution in [0.2, 0.25) is 0 Å². The third-order valence-electron chi connectivity index (χ3n) is 3.20. The van der Waals surface area contributed by atoms with Crippen molar-refractivity contribution < 1.29 is 4.79 Å². The van der Waals surface area contributed by atoms with E-state index in [1.807, 2.05) is 42.5 Å². The van der Waals surface area contributed by atoms with E-state index in [-0.39, 0.29) is 11.9 Å². The molecule has 0 radical (unpaired) electrons. The summed E-state index contributed by atoms with van der Waals surface area (Å²) in [5.74, 6) is -0.0406. The highest BCUT2D eigenvalue weighted by atomic mass is 79.9. The second-order valence-corrected chi connectivity index (χ2v) is 6.10. The quantitative estimate of drug-likeness (QED) is 0.588. The summed E-state index contributed by atoms with van der Waals surface area (Å²) < 4.78 is 0.968. The summed E-state index contributed by atoms with van der Waals surface area (Å²) in [6.45, 7) is 0. The number of thiocarbonyl (C=S) groups is 1. The van der Waals surface area contributed by atoms with Gasteiger partial charge in [-0.2, -0.15) is 0 Å². The first-order chi connectivity index (χ1) is 10.5. The van der Waals surface area contributed by atoms with Gasteiger partial charge in [-0.05, 0) is 47.6 Å². The number of halogens is 1. The van der Waals surface area contributed by atoms with E-state index in [0.29, 0.717) is 5.56 Å². The zero-order valence-corrected chi connectivity index (χ0v) is 14.7. The number of hydrogen-bond donors (Lipinski definition) is 0. The van der Waals surface area contributed by atoms with Crippen LogP contribution < -0.4 is 0 Å². The molecule has 1 amide bonds. The van der Waals surface area contributed by atoms with E-state index < -0.39 is 0 Å². The molecule has 1 unspecified atom stereocenters. The molecule has 22 heavy (non-hydrogen) atoms. The molecule has 0 heterocycles. The lowest BCUT2D eigenvalue weighted by atomic mass is 9.97. The van der Waals surface area contributed by atoms with Crippen molar-refractivity contribution in [3.63, 3.8) is 0 Å². The number of rotatable bonds is 4. The number of nitrogens with zero attached hydrogens (tertiary/aromatic N) is 2. The number of carbonyl (C=O) groups is 1. The van der Waals surface area contributed by atoms with Crippen LogP contribution in [0.4, 0.5) is 0 Å². The third kappa shape index (κ3) is 3.89. The maximum absolute atomic E-state index is 12.1. The molecule has 0 aliphatic carbocycles. The normalized spacial score (nSPS) is 11.4. The predicted octanol–water partition coefficient (Wildman–Crippen LogP) is 4.34. The van der Waals surface area contributed by atoms with Gasteiger partial charge in [-0.25, -0.2) is 4.99 Å². The Morgan fingerprint density at radius 1 is 1.18 bits per heavy atom. The van der Waals surface area contributed by atoms with Gasteiger partial charge in [0.1, 0.15) is 6.04 Å². The largest absolute Gasteiger partial charge is 0.345 e. The van der Waals surface area contributed by atoms with Gasteiger partial charge in [-0.1, -0.05) is 40.2 Å². The summed E-state index contributed by atoms with van der Waals surface area (Å²) in [5.41, 5.74) is 2.52. The van der Waals surface area contributed by atoms with E-state index in [0.717, 1.165) is 15.6 Å². The van der Waals surface area contributed by atoms with E-state index in [1.54, 1.807) is 25.1 Å². The Morgan fingerprint density at radius 3 is 2.41 bits per heavy atom. The van der Waals surface area contributed by atoms with Crippen molar-refractivity contribution in [3.05, 3.63) is 69.7 Å². The maximum Gasteiger partial charge on any atom is 0.253 e. The molecular formula is C17H15BrN2OS. The number of amides is 1. The lowest BCUT2D eigenvalue weighted by Crippen LogP contribution is -2.21. The Morgan fingerprint density at radius 2 is 1.82 bits per heavy atom. The van der Waals surface area contributed by atoms with Gasteiger partial charge in [0.2, 0.25) is 0 Å². The second-order valence-electron chi connectivity index (χ2n) is 5.00. The highest BCUT2D eigenvalue weighted by molar-refractivity contribution is 9.10. The molecule has 2 rings (SSSR count). The molecule has 0 aliphatic rings. The monoisotopic (exact) mass is 374 g/mol. The Kier molecular flexibility index (Phi) is 5.61. The van der Waals surface area contributed by atoms with Crippen molar-refractivity contribution in [2.45, 2.75) is 6.04 Å². The molecule has 0 fully saturated rings. The van der Waals surface area contributed by atoms with Gasteiger partial charge in [0, 0.05) is 24.1 Å². The van der Waals surface area contributed by atoms with Crippen LogP contribution in [0.25, 0.3) is 0 Å². The highest BCUT2D eigenvalue weighted by Gasteiger charge is 2.16. The topological polar surface area (TPSA) is 32.7 Å². The van der Waals surface area contributed by atoms with Crippen LogP contribution in [0.1, 0.15) is 27.5 Å². The lowest BCUT2D eigenvalue weighted by Gasteiger charge is -2.15. The van der Waals surface area contributed by atoms with E-state index >= 15 is 0 Å². The minimum Gasteiger partial charge on any atom is -0.345 e. The molecule has 0 N–H and O–H groups in total. The van der Waals surface area contributed by atoms with Crippen molar-refractivity contribution in [1.82, 2.24) is 4.90 Å². The Bertz CT molecular complexity index is 739. The average Bonchev–Trinajstić information content (AvgIpc) is 2.52. The van der Waals surface area contributed by atoms with Gasteiger partial charge in [0.25, 0.3) is 5.91 Å². The Hall–Kier alpha value is -1.81. The van der Waals surface area contributed by atoms with E-state index in [2.05, 4.69) is 26.1 Å². The van der Waals surface area contributed by atoms with Crippen molar-refractivity contribution in [1.29, 1.82) is 0 Å². The van der Waals surface area contributed by atoms with Crippen molar-refractivity contribution >= 4 is 39.2 Å². The third-order valence-corrected chi connectivity index (χ3v) is 3.80. The molecule has 112 valence electrons. The highest BCUT2D eigenvalue weighted by Crippen LogP contribution is 2.28. The summed E-state index contributed by atoms with van der Waals surface area (Å²) in [5, 5.41) is 2.45. The first-order valence-electron chi connectivity index (χ1n) is 6.67. The number of aliphatic imine (C=N–C) groups is 1. The maximum atomic E-state index is 12.1. The molecule has 3 nitrogen and oxygen atoms in total. The number of benzene rings is 2. The molecule has 0 saturated carbocycles. The summed E-state index contributed by atoms with van der Waals surface area (Å²) in [6, 6.07) is 15.0. The SMILES string of the molecule is CN(C)C(=O)c1cccc(C(N=C=S)c2cccc(Br)c2)c1. The molecule has 0 saturated heterocycles. The van der Waals surface area contributed by atoms with Crippen molar-refractivity contribution in [3.8, 4) is 0 Å². The van der Waals surface area contributed by atoms with E-state index in [1.165, 1.54) is 0 Å². The Labute approximate surface area is 143 Å². The summed E-state index contributed by atoms with van der Waals surface area (Å²) in [6.07, 6.45) is 0. The molecule has 0 aromatic heterocycles. The van der Waals surface area contributed by atoms with Crippen LogP contribution in [0, 0.1) is 0 Å². The Balaban J connectivity index is 2.48. The van der Waals surface area contributed by atoms with Gasteiger partial charge in [0.15, 0.2) is 0 Å². The minimum atomic E-state index is -0.273. The fourth-order valence-corrected chi connectivity index (χ4v) is 2.69. The van der Waals surface area contributed by atoms with Gasteiger partial charge >= 0.3 is 0 Å². The number of hydrogen-bond acceptors (Lipinski definition) is 3. The first kappa shape index (κ1) is 16.6. The second kappa shape index (κ2) is 7.45. The van der Waals surface area contributed by atoms with Gasteiger partial charge in [-0.15, -0.1) is 0 Å². The van der Waals surface area contributed by atoms with E-state index in [4.69, 9.17) is 12.2 Å². The zero-order valence-electron chi connectivity index (χ0n) is 12.3. The lowest BCUT2D eigenvalue weighted by molar-refractivity contribution is 0.0827. The molecule has 0 aliphatic heterocycles. The smallest absolute Gasteiger partial charge is 0.253 e. The standard InChI is InChI=1S/C17H15BrN2OS/c1-20(2)17(21)14-7-3-5-12(9-14)16(19-11-22)13-6-4-8-15(18)10-13/h3-10,16H,1-2H3. The van der Waals surface area contributed by atoms with Crippen LogP contribution in [0.5, 0.6) is 0 Å². The zero-order chi connectivity index (χ0) is 16.1. The van der Waals surface area contributed by atoms with Crippen LogP contribution in [0.15, 0.2) is 58.0 Å². The minimum absolute atomic E-state index is 0.0406. The summed E-state index contributed by atoms with van der Waals surface area (Å²) in [4.78, 5) is 17.9. The average molecular weight is 375 g/mol. The summed E-state index contributed by atoms with van der Waals surface area (Å²) in [7, 11) is 3.46. The molecular weight excluding hydrogens is 360 g/mol. The first-order valence-corrected chi connectivity index (χ1v) is 7.87. The van der Waals surface area contributed by atoms with Crippen LogP contribution in [-0.2, 0) is 0 Å². The summed E-state index contributed by atoms with van der Waals surface area (Å²) >= 11 is 8.25. The molecule has 1 atom stereocenters. The van der Waals surface area contributed by atoms with Crippen LogP contribution in [0.3, 0.4) is 0 Å². The van der Waals surface area contributed by atoms with Crippen LogP contribution in [-0.4, -0.2) is 30.1 Å². The van der Waals surface area contributed by atoms with Gasteiger partial charge < -0.3 is 4.90 Å². The van der Waals surface area contributed by atoms with Gasteiger partial charge in [-0.3, -0.25) is 4.79 Å².